The fourth-order valence-electron chi connectivity index (χ4n) is 1.65. The summed E-state index contributed by atoms with van der Waals surface area (Å²) < 4.78 is 1.73. The molecule has 2 aromatic rings. The first-order chi connectivity index (χ1) is 9.13. The summed E-state index contributed by atoms with van der Waals surface area (Å²) in [5.41, 5.74) is 2.69. The summed E-state index contributed by atoms with van der Waals surface area (Å²) in [6.45, 7) is 2.29. The van der Waals surface area contributed by atoms with Crippen molar-refractivity contribution < 1.29 is 4.79 Å². The molecule has 0 radical (unpaired) electrons. The van der Waals surface area contributed by atoms with E-state index in [0.29, 0.717) is 19.4 Å². The zero-order valence-electron chi connectivity index (χ0n) is 11.1. The maximum absolute atomic E-state index is 11.7. The van der Waals surface area contributed by atoms with Crippen LogP contribution in [0.2, 0.25) is 0 Å². The second-order valence-electron chi connectivity index (χ2n) is 4.45. The fourth-order valence-corrected chi connectivity index (χ4v) is 1.65. The smallest absolute Gasteiger partial charge is 0.220 e. The molecule has 0 aliphatic heterocycles. The van der Waals surface area contributed by atoms with Gasteiger partial charge in [0.15, 0.2) is 0 Å². The van der Waals surface area contributed by atoms with E-state index in [-0.39, 0.29) is 5.91 Å². The normalized spacial score (nSPS) is 10.4. The van der Waals surface area contributed by atoms with Crippen molar-refractivity contribution in [1.82, 2.24) is 25.1 Å². The molecular weight excluding hydrogens is 242 g/mol. The molecule has 0 saturated carbocycles. The van der Waals surface area contributed by atoms with E-state index < -0.39 is 0 Å². The average molecular weight is 259 g/mol. The number of hydrogen-bond donors (Lipinski definition) is 1. The van der Waals surface area contributed by atoms with Gasteiger partial charge in [0.2, 0.25) is 5.91 Å². The van der Waals surface area contributed by atoms with Gasteiger partial charge in [-0.2, -0.15) is 5.10 Å². The van der Waals surface area contributed by atoms with Gasteiger partial charge >= 0.3 is 0 Å². The van der Waals surface area contributed by atoms with Crippen molar-refractivity contribution in [3.05, 3.63) is 41.7 Å². The van der Waals surface area contributed by atoms with Gasteiger partial charge in [0.05, 0.1) is 30.3 Å². The van der Waals surface area contributed by atoms with E-state index in [1.807, 2.05) is 20.2 Å². The van der Waals surface area contributed by atoms with E-state index in [4.69, 9.17) is 0 Å². The SMILES string of the molecule is Cc1cnc(CNC(=O)CCc2cnn(C)c2)cn1. The quantitative estimate of drug-likeness (QED) is 0.860. The Labute approximate surface area is 111 Å². The molecular formula is C13H17N5O. The largest absolute Gasteiger partial charge is 0.350 e. The third-order valence-electron chi connectivity index (χ3n) is 2.70. The maximum atomic E-state index is 11.7. The molecule has 0 fully saturated rings. The molecule has 0 spiro atoms. The summed E-state index contributed by atoms with van der Waals surface area (Å²) in [4.78, 5) is 20.0. The minimum atomic E-state index is 0.00577. The van der Waals surface area contributed by atoms with E-state index in [0.717, 1.165) is 17.0 Å². The Morgan fingerprint density at radius 3 is 2.79 bits per heavy atom. The van der Waals surface area contributed by atoms with Crippen LogP contribution in [0.4, 0.5) is 0 Å². The van der Waals surface area contributed by atoms with Crippen molar-refractivity contribution in [3.63, 3.8) is 0 Å². The van der Waals surface area contributed by atoms with Crippen molar-refractivity contribution in [2.45, 2.75) is 26.3 Å². The topological polar surface area (TPSA) is 72.7 Å². The Morgan fingerprint density at radius 1 is 1.32 bits per heavy atom. The summed E-state index contributed by atoms with van der Waals surface area (Å²) in [5.74, 6) is 0.00577. The van der Waals surface area contributed by atoms with Crippen molar-refractivity contribution in [1.29, 1.82) is 0 Å². The van der Waals surface area contributed by atoms with Crippen molar-refractivity contribution >= 4 is 5.91 Å². The fraction of sp³-hybridized carbons (Fsp3) is 0.385. The molecule has 0 aliphatic rings. The second kappa shape index (κ2) is 6.08. The Morgan fingerprint density at radius 2 is 2.16 bits per heavy atom. The van der Waals surface area contributed by atoms with E-state index in [9.17, 15) is 4.79 Å². The van der Waals surface area contributed by atoms with Gasteiger partial charge in [-0.25, -0.2) is 0 Å². The number of aryl methyl sites for hydroxylation is 3. The Bertz CT molecular complexity index is 546. The van der Waals surface area contributed by atoms with Gasteiger partial charge in [-0.3, -0.25) is 19.4 Å². The van der Waals surface area contributed by atoms with Gasteiger partial charge in [0, 0.05) is 25.9 Å². The van der Waals surface area contributed by atoms with Gasteiger partial charge in [-0.05, 0) is 18.9 Å². The number of rotatable bonds is 5. The van der Waals surface area contributed by atoms with Crippen molar-refractivity contribution in [3.8, 4) is 0 Å². The zero-order chi connectivity index (χ0) is 13.7. The van der Waals surface area contributed by atoms with Crippen molar-refractivity contribution in [2.75, 3.05) is 0 Å². The predicted molar refractivity (Wildman–Crippen MR) is 70.1 cm³/mol. The Kier molecular flexibility index (Phi) is 4.22. The van der Waals surface area contributed by atoms with Gasteiger partial charge in [-0.1, -0.05) is 0 Å². The number of aromatic nitrogens is 4. The molecule has 0 saturated heterocycles. The number of nitrogens with zero attached hydrogens (tertiary/aromatic N) is 4. The molecule has 0 aliphatic carbocycles. The molecule has 100 valence electrons. The number of carbonyl (C=O) groups excluding carboxylic acids is 1. The lowest BCUT2D eigenvalue weighted by Gasteiger charge is -2.04. The average Bonchev–Trinajstić information content (AvgIpc) is 2.81. The molecule has 1 N–H and O–H groups in total. The summed E-state index contributed by atoms with van der Waals surface area (Å²) in [5, 5.41) is 6.89. The monoisotopic (exact) mass is 259 g/mol. The highest BCUT2D eigenvalue weighted by molar-refractivity contribution is 5.76. The summed E-state index contributed by atoms with van der Waals surface area (Å²) >= 11 is 0. The van der Waals surface area contributed by atoms with Crippen LogP contribution in [-0.4, -0.2) is 25.7 Å². The summed E-state index contributed by atoms with van der Waals surface area (Å²) in [7, 11) is 1.86. The molecule has 2 rings (SSSR count). The number of hydrogen-bond acceptors (Lipinski definition) is 4. The molecule has 6 heteroatoms. The van der Waals surface area contributed by atoms with Crippen LogP contribution < -0.4 is 5.32 Å². The van der Waals surface area contributed by atoms with Crippen molar-refractivity contribution in [2.24, 2.45) is 7.05 Å². The van der Waals surface area contributed by atoms with E-state index in [1.54, 1.807) is 23.3 Å². The van der Waals surface area contributed by atoms with Gasteiger partial charge in [0.1, 0.15) is 0 Å². The molecule has 19 heavy (non-hydrogen) atoms. The molecule has 0 atom stereocenters. The molecule has 2 aromatic heterocycles. The first-order valence-corrected chi connectivity index (χ1v) is 6.15. The first-order valence-electron chi connectivity index (χ1n) is 6.15. The lowest BCUT2D eigenvalue weighted by atomic mass is 10.2. The van der Waals surface area contributed by atoms with E-state index >= 15 is 0 Å². The van der Waals surface area contributed by atoms with Crippen LogP contribution in [0.3, 0.4) is 0 Å². The lowest BCUT2D eigenvalue weighted by molar-refractivity contribution is -0.121. The Hall–Kier alpha value is -2.24. The summed E-state index contributed by atoms with van der Waals surface area (Å²) in [6.07, 6.45) is 8.20. The van der Waals surface area contributed by atoms with Gasteiger partial charge < -0.3 is 5.32 Å². The molecule has 0 aromatic carbocycles. The van der Waals surface area contributed by atoms with E-state index in [2.05, 4.69) is 20.4 Å². The highest BCUT2D eigenvalue weighted by Crippen LogP contribution is 2.01. The van der Waals surface area contributed by atoms with Crippen LogP contribution in [0.15, 0.2) is 24.8 Å². The molecule has 1 amide bonds. The van der Waals surface area contributed by atoms with Gasteiger partial charge in [-0.15, -0.1) is 0 Å². The first kappa shape index (κ1) is 13.2. The van der Waals surface area contributed by atoms with Gasteiger partial charge in [0.25, 0.3) is 0 Å². The molecule has 2 heterocycles. The second-order valence-corrected chi connectivity index (χ2v) is 4.45. The molecule has 6 nitrogen and oxygen atoms in total. The van der Waals surface area contributed by atoms with E-state index in [1.165, 1.54) is 0 Å². The third kappa shape index (κ3) is 4.17. The number of carbonyl (C=O) groups is 1. The van der Waals surface area contributed by atoms with Crippen LogP contribution in [0.1, 0.15) is 23.4 Å². The standard InChI is InChI=1S/C13H17N5O/c1-10-5-15-12(7-14-10)8-16-13(19)4-3-11-6-17-18(2)9-11/h5-7,9H,3-4,8H2,1-2H3,(H,16,19). The van der Waals surface area contributed by atoms with Crippen LogP contribution in [0.5, 0.6) is 0 Å². The Balaban J connectivity index is 1.74. The zero-order valence-corrected chi connectivity index (χ0v) is 11.1. The highest BCUT2D eigenvalue weighted by atomic mass is 16.1. The molecule has 0 unspecified atom stereocenters. The third-order valence-corrected chi connectivity index (χ3v) is 2.70. The molecule has 0 bridgehead atoms. The van der Waals surface area contributed by atoms with Crippen LogP contribution >= 0.6 is 0 Å². The lowest BCUT2D eigenvalue weighted by Crippen LogP contribution is -2.23. The van der Waals surface area contributed by atoms with Crippen LogP contribution in [-0.2, 0) is 24.8 Å². The minimum absolute atomic E-state index is 0.00577. The summed E-state index contributed by atoms with van der Waals surface area (Å²) in [6, 6.07) is 0. The number of amides is 1. The predicted octanol–water partition coefficient (Wildman–Crippen LogP) is 0.768. The highest BCUT2D eigenvalue weighted by Gasteiger charge is 2.04. The minimum Gasteiger partial charge on any atom is -0.350 e. The van der Waals surface area contributed by atoms with Crippen LogP contribution in [0, 0.1) is 6.92 Å². The van der Waals surface area contributed by atoms with Crippen LogP contribution in [0.25, 0.3) is 0 Å². The number of nitrogens with one attached hydrogen (secondary N) is 1. The maximum Gasteiger partial charge on any atom is 0.220 e.